The zero-order chi connectivity index (χ0) is 5.98. The molecule has 0 aliphatic heterocycles. The average molecular weight is 112 g/mol. The zero-order valence-corrected chi connectivity index (χ0v) is 4.50. The van der Waals surface area contributed by atoms with Crippen LogP contribution in [-0.4, -0.2) is 5.16 Å². The Labute approximate surface area is 46.9 Å². The molecule has 0 aliphatic carbocycles. The number of aromatic nitrogens is 1. The Morgan fingerprint density at radius 2 is 2.62 bits per heavy atom. The highest BCUT2D eigenvalue weighted by molar-refractivity contribution is 5.02. The van der Waals surface area contributed by atoms with Gasteiger partial charge in [-0.25, -0.2) is 5.11 Å². The van der Waals surface area contributed by atoms with Crippen LogP contribution in [0.3, 0.4) is 0 Å². The highest BCUT2D eigenvalue weighted by Gasteiger charge is 2.02. The summed E-state index contributed by atoms with van der Waals surface area (Å²) in [7, 11) is 0. The van der Waals surface area contributed by atoms with Crippen LogP contribution in [0, 0.1) is 0 Å². The van der Waals surface area contributed by atoms with E-state index in [0.717, 1.165) is 0 Å². The molecule has 0 saturated carbocycles. The van der Waals surface area contributed by atoms with E-state index in [-0.39, 0.29) is 0 Å². The van der Waals surface area contributed by atoms with Gasteiger partial charge in [0.1, 0.15) is 12.4 Å². The average Bonchev–Trinajstić information content (AvgIpc) is 2.12. The van der Waals surface area contributed by atoms with Gasteiger partial charge in [-0.1, -0.05) is 5.16 Å². The lowest BCUT2D eigenvalue weighted by Gasteiger charge is -1.89. The van der Waals surface area contributed by atoms with Crippen molar-refractivity contribution in [2.45, 2.75) is 13.0 Å². The summed E-state index contributed by atoms with van der Waals surface area (Å²) in [6, 6.07) is 0. The van der Waals surface area contributed by atoms with Crippen molar-refractivity contribution in [3.63, 3.8) is 0 Å². The standard InChI is InChI=1S/C5H6NO2/c1-4(7)5-2-6-8-3-5/h2-4H,1H3. The fourth-order valence-corrected chi connectivity index (χ4v) is 0.414. The van der Waals surface area contributed by atoms with Gasteiger partial charge in [-0.3, -0.25) is 0 Å². The molecule has 1 aromatic rings. The molecule has 43 valence electrons. The van der Waals surface area contributed by atoms with E-state index in [2.05, 4.69) is 9.68 Å². The van der Waals surface area contributed by atoms with Crippen molar-refractivity contribution < 1.29 is 9.63 Å². The van der Waals surface area contributed by atoms with Crippen molar-refractivity contribution in [2.24, 2.45) is 0 Å². The minimum atomic E-state index is -0.721. The van der Waals surface area contributed by atoms with Crippen LogP contribution < -0.4 is 0 Å². The van der Waals surface area contributed by atoms with Gasteiger partial charge in [0, 0.05) is 5.56 Å². The van der Waals surface area contributed by atoms with E-state index >= 15 is 0 Å². The normalized spacial score (nSPS) is 13.8. The third-order valence-corrected chi connectivity index (χ3v) is 0.921. The Morgan fingerprint density at radius 3 is 2.88 bits per heavy atom. The Morgan fingerprint density at radius 1 is 1.88 bits per heavy atom. The number of rotatable bonds is 1. The predicted molar refractivity (Wildman–Crippen MR) is 25.6 cm³/mol. The number of hydrogen-bond acceptors (Lipinski definition) is 2. The van der Waals surface area contributed by atoms with Crippen molar-refractivity contribution in [1.29, 1.82) is 0 Å². The lowest BCUT2D eigenvalue weighted by molar-refractivity contribution is 0.106. The van der Waals surface area contributed by atoms with Crippen molar-refractivity contribution in [1.82, 2.24) is 5.16 Å². The van der Waals surface area contributed by atoms with Crippen LogP contribution in [0.4, 0.5) is 0 Å². The maximum atomic E-state index is 10.5. The first-order valence-corrected chi connectivity index (χ1v) is 2.36. The second-order valence-corrected chi connectivity index (χ2v) is 1.60. The van der Waals surface area contributed by atoms with E-state index in [1.807, 2.05) is 0 Å². The third-order valence-electron chi connectivity index (χ3n) is 0.921. The molecule has 1 unspecified atom stereocenters. The fourth-order valence-electron chi connectivity index (χ4n) is 0.414. The first kappa shape index (κ1) is 5.31. The van der Waals surface area contributed by atoms with Gasteiger partial charge in [-0.05, 0) is 6.92 Å². The predicted octanol–water partition coefficient (Wildman–Crippen LogP) is 1.17. The van der Waals surface area contributed by atoms with Crippen LogP contribution in [0.5, 0.6) is 0 Å². The molecule has 1 atom stereocenters. The minimum absolute atomic E-state index is 0.602. The highest BCUT2D eigenvalue weighted by atomic mass is 16.5. The van der Waals surface area contributed by atoms with Crippen molar-refractivity contribution in [2.75, 3.05) is 0 Å². The molecule has 0 bridgehead atoms. The van der Waals surface area contributed by atoms with Crippen LogP contribution in [-0.2, 0) is 5.11 Å². The van der Waals surface area contributed by atoms with E-state index in [1.54, 1.807) is 6.92 Å². The Kier molecular flexibility index (Phi) is 1.30. The van der Waals surface area contributed by atoms with Crippen LogP contribution in [0.2, 0.25) is 0 Å². The molecule has 0 saturated heterocycles. The van der Waals surface area contributed by atoms with Crippen LogP contribution in [0.25, 0.3) is 0 Å². The molecular formula is C5H6NO2. The number of nitrogens with zero attached hydrogens (tertiary/aromatic N) is 1. The van der Waals surface area contributed by atoms with Crippen molar-refractivity contribution >= 4 is 0 Å². The Bertz CT molecular complexity index is 145. The van der Waals surface area contributed by atoms with Gasteiger partial charge in [0.2, 0.25) is 0 Å². The SMILES string of the molecule is CC([O])c1cnoc1. The second kappa shape index (κ2) is 1.96. The first-order valence-electron chi connectivity index (χ1n) is 2.36. The maximum absolute atomic E-state index is 10.5. The lowest BCUT2D eigenvalue weighted by Crippen LogP contribution is -1.82. The molecule has 1 aromatic heterocycles. The second-order valence-electron chi connectivity index (χ2n) is 1.60. The van der Waals surface area contributed by atoms with Crippen molar-refractivity contribution in [3.05, 3.63) is 18.0 Å². The fraction of sp³-hybridized carbons (Fsp3) is 0.400. The molecule has 1 radical (unpaired) electrons. The molecule has 0 amide bonds. The Balaban J connectivity index is 2.77. The van der Waals surface area contributed by atoms with E-state index in [0.29, 0.717) is 5.56 Å². The third kappa shape index (κ3) is 0.869. The summed E-state index contributed by atoms with van der Waals surface area (Å²) in [4.78, 5) is 0. The van der Waals surface area contributed by atoms with E-state index in [9.17, 15) is 5.11 Å². The lowest BCUT2D eigenvalue weighted by atomic mass is 10.2. The highest BCUT2D eigenvalue weighted by Crippen LogP contribution is 2.09. The van der Waals surface area contributed by atoms with Gasteiger partial charge in [0.25, 0.3) is 0 Å². The molecule has 0 fully saturated rings. The summed E-state index contributed by atoms with van der Waals surface area (Å²) < 4.78 is 4.43. The molecule has 8 heavy (non-hydrogen) atoms. The largest absolute Gasteiger partial charge is 0.364 e. The van der Waals surface area contributed by atoms with Gasteiger partial charge >= 0.3 is 0 Å². The van der Waals surface area contributed by atoms with Gasteiger partial charge in [-0.15, -0.1) is 0 Å². The van der Waals surface area contributed by atoms with E-state index in [1.165, 1.54) is 12.5 Å². The van der Waals surface area contributed by atoms with Gasteiger partial charge in [0.15, 0.2) is 0 Å². The smallest absolute Gasteiger partial charge is 0.129 e. The quantitative estimate of drug-likeness (QED) is 0.547. The summed E-state index contributed by atoms with van der Waals surface area (Å²) in [5.74, 6) is 0. The molecule has 0 spiro atoms. The minimum Gasteiger partial charge on any atom is -0.364 e. The molecular weight excluding hydrogens is 106 g/mol. The summed E-state index contributed by atoms with van der Waals surface area (Å²) in [6.45, 7) is 1.55. The molecule has 1 heterocycles. The maximum Gasteiger partial charge on any atom is 0.129 e. The van der Waals surface area contributed by atoms with Crippen molar-refractivity contribution in [3.8, 4) is 0 Å². The first-order chi connectivity index (χ1) is 3.80. The molecule has 0 aliphatic rings. The molecule has 3 nitrogen and oxygen atoms in total. The number of hydrogen-bond donors (Lipinski definition) is 0. The summed E-state index contributed by atoms with van der Waals surface area (Å²) >= 11 is 0. The molecule has 1 rings (SSSR count). The van der Waals surface area contributed by atoms with E-state index < -0.39 is 6.10 Å². The summed E-state index contributed by atoms with van der Waals surface area (Å²) in [5.41, 5.74) is 0.602. The molecule has 3 heteroatoms. The van der Waals surface area contributed by atoms with Gasteiger partial charge in [0.05, 0.1) is 6.20 Å². The molecule has 0 N–H and O–H groups in total. The molecule has 0 aromatic carbocycles. The zero-order valence-electron chi connectivity index (χ0n) is 4.50. The van der Waals surface area contributed by atoms with Crippen LogP contribution in [0.1, 0.15) is 18.6 Å². The van der Waals surface area contributed by atoms with Crippen LogP contribution >= 0.6 is 0 Å². The van der Waals surface area contributed by atoms with Gasteiger partial charge < -0.3 is 4.52 Å². The Hall–Kier alpha value is -0.830. The van der Waals surface area contributed by atoms with Gasteiger partial charge in [-0.2, -0.15) is 0 Å². The topological polar surface area (TPSA) is 45.9 Å². The monoisotopic (exact) mass is 112 g/mol. The summed E-state index contributed by atoms with van der Waals surface area (Å²) in [5, 5.41) is 13.9. The van der Waals surface area contributed by atoms with E-state index in [4.69, 9.17) is 0 Å². The summed E-state index contributed by atoms with van der Waals surface area (Å²) in [6.07, 6.45) is 2.07. The van der Waals surface area contributed by atoms with Crippen LogP contribution in [0.15, 0.2) is 17.0 Å².